The van der Waals surface area contributed by atoms with Gasteiger partial charge in [-0.05, 0) is 25.1 Å². The first kappa shape index (κ1) is 14.5. The number of nitrogens with one attached hydrogen (secondary N) is 2. The lowest BCUT2D eigenvalue weighted by Gasteiger charge is -2.14. The smallest absolute Gasteiger partial charge is 0.300 e. The van der Waals surface area contributed by atoms with Crippen LogP contribution in [0.3, 0.4) is 0 Å². The zero-order chi connectivity index (χ0) is 14.5. The predicted molar refractivity (Wildman–Crippen MR) is 76.0 cm³/mol. The van der Waals surface area contributed by atoms with Crippen molar-refractivity contribution in [3.8, 4) is 0 Å². The highest BCUT2D eigenvalue weighted by atomic mass is 35.5. The van der Waals surface area contributed by atoms with Crippen LogP contribution in [0.25, 0.3) is 0 Å². The van der Waals surface area contributed by atoms with Crippen molar-refractivity contribution >= 4 is 23.2 Å². The van der Waals surface area contributed by atoms with Crippen LogP contribution in [0.2, 0.25) is 5.02 Å². The van der Waals surface area contributed by atoms with Crippen molar-refractivity contribution in [3.05, 3.63) is 50.5 Å². The van der Waals surface area contributed by atoms with Crippen LogP contribution in [-0.2, 0) is 0 Å². The topological polar surface area (TPSA) is 84.3 Å². The molecule has 1 aromatic carbocycles. The maximum atomic E-state index is 12.0. The van der Waals surface area contributed by atoms with E-state index >= 15 is 0 Å². The molecule has 0 fully saturated rings. The number of nitro groups is 1. The van der Waals surface area contributed by atoms with Crippen LogP contribution in [0.1, 0.15) is 16.8 Å². The SMILES string of the molecule is O=C(NCC1=CCNCC1)c1cccc(Cl)c1[N+](=O)[O-]. The fraction of sp³-hybridized carbons (Fsp3) is 0.308. The fourth-order valence-corrected chi connectivity index (χ4v) is 2.25. The number of carbonyl (C=O) groups is 1. The highest BCUT2D eigenvalue weighted by molar-refractivity contribution is 6.33. The summed E-state index contributed by atoms with van der Waals surface area (Å²) in [6.45, 7) is 2.05. The molecule has 20 heavy (non-hydrogen) atoms. The molecule has 1 heterocycles. The van der Waals surface area contributed by atoms with E-state index in [0.29, 0.717) is 6.54 Å². The molecule has 1 amide bonds. The molecule has 0 aromatic heterocycles. The molecule has 1 aliphatic heterocycles. The van der Waals surface area contributed by atoms with E-state index < -0.39 is 10.8 Å². The van der Waals surface area contributed by atoms with Gasteiger partial charge in [0.1, 0.15) is 10.6 Å². The van der Waals surface area contributed by atoms with Crippen molar-refractivity contribution in [1.82, 2.24) is 10.6 Å². The third-order valence-corrected chi connectivity index (χ3v) is 3.35. The van der Waals surface area contributed by atoms with Crippen LogP contribution < -0.4 is 10.6 Å². The third-order valence-electron chi connectivity index (χ3n) is 3.05. The molecule has 0 unspecified atom stereocenters. The molecule has 0 radical (unpaired) electrons. The van der Waals surface area contributed by atoms with Gasteiger partial charge in [-0.1, -0.05) is 29.3 Å². The first-order chi connectivity index (χ1) is 9.59. The summed E-state index contributed by atoms with van der Waals surface area (Å²) in [6, 6.07) is 4.32. The van der Waals surface area contributed by atoms with Crippen molar-refractivity contribution in [2.24, 2.45) is 0 Å². The molecule has 0 spiro atoms. The number of amides is 1. The quantitative estimate of drug-likeness (QED) is 0.505. The number of benzene rings is 1. The number of carbonyl (C=O) groups excluding carboxylic acids is 1. The zero-order valence-corrected chi connectivity index (χ0v) is 11.4. The molecule has 0 aliphatic carbocycles. The fourth-order valence-electron chi connectivity index (χ4n) is 2.00. The first-order valence-corrected chi connectivity index (χ1v) is 6.57. The Labute approximate surface area is 121 Å². The molecule has 1 aliphatic rings. The highest BCUT2D eigenvalue weighted by Crippen LogP contribution is 2.28. The van der Waals surface area contributed by atoms with Crippen molar-refractivity contribution in [3.63, 3.8) is 0 Å². The first-order valence-electron chi connectivity index (χ1n) is 6.19. The van der Waals surface area contributed by atoms with E-state index in [1.54, 1.807) is 0 Å². The van der Waals surface area contributed by atoms with Crippen LogP contribution >= 0.6 is 11.6 Å². The van der Waals surface area contributed by atoms with E-state index in [1.165, 1.54) is 18.2 Å². The van der Waals surface area contributed by atoms with E-state index in [1.807, 2.05) is 6.08 Å². The summed E-state index contributed by atoms with van der Waals surface area (Å²) >= 11 is 5.78. The molecular formula is C13H14ClN3O3. The summed E-state index contributed by atoms with van der Waals surface area (Å²) in [6.07, 6.45) is 2.87. The average molecular weight is 296 g/mol. The summed E-state index contributed by atoms with van der Waals surface area (Å²) in [4.78, 5) is 22.4. The second-order valence-corrected chi connectivity index (χ2v) is 4.80. The van der Waals surface area contributed by atoms with Gasteiger partial charge in [-0.3, -0.25) is 14.9 Å². The van der Waals surface area contributed by atoms with Crippen molar-refractivity contribution in [2.75, 3.05) is 19.6 Å². The number of hydrogen-bond donors (Lipinski definition) is 2. The second-order valence-electron chi connectivity index (χ2n) is 4.39. The van der Waals surface area contributed by atoms with E-state index in [9.17, 15) is 14.9 Å². The van der Waals surface area contributed by atoms with Crippen LogP contribution in [0.15, 0.2) is 29.8 Å². The normalized spacial score (nSPS) is 14.6. The molecule has 2 rings (SSSR count). The maximum absolute atomic E-state index is 12.0. The van der Waals surface area contributed by atoms with E-state index in [0.717, 1.165) is 25.1 Å². The number of nitrogens with zero attached hydrogens (tertiary/aromatic N) is 1. The predicted octanol–water partition coefficient (Wildman–Crippen LogP) is 1.90. The number of halogens is 1. The van der Waals surface area contributed by atoms with E-state index in [2.05, 4.69) is 10.6 Å². The third kappa shape index (κ3) is 3.34. The van der Waals surface area contributed by atoms with Gasteiger partial charge in [0, 0.05) is 13.1 Å². The second kappa shape index (κ2) is 6.49. The van der Waals surface area contributed by atoms with Crippen LogP contribution in [-0.4, -0.2) is 30.5 Å². The summed E-state index contributed by atoms with van der Waals surface area (Å²) < 4.78 is 0. The maximum Gasteiger partial charge on any atom is 0.300 e. The van der Waals surface area contributed by atoms with Gasteiger partial charge in [0.05, 0.1) is 4.92 Å². The lowest BCUT2D eigenvalue weighted by Crippen LogP contribution is -2.30. The summed E-state index contributed by atoms with van der Waals surface area (Å²) in [5.74, 6) is -0.487. The Morgan fingerprint density at radius 2 is 2.30 bits per heavy atom. The van der Waals surface area contributed by atoms with E-state index in [4.69, 9.17) is 11.6 Å². The monoisotopic (exact) mass is 295 g/mol. The molecule has 6 nitrogen and oxygen atoms in total. The molecule has 0 atom stereocenters. The van der Waals surface area contributed by atoms with Gasteiger partial charge in [-0.2, -0.15) is 0 Å². The minimum Gasteiger partial charge on any atom is -0.348 e. The standard InChI is InChI=1S/C13H14ClN3O3/c14-11-3-1-2-10(12(11)17(19)20)13(18)16-8-9-4-6-15-7-5-9/h1-4,15H,5-8H2,(H,16,18). The van der Waals surface area contributed by atoms with Gasteiger partial charge in [0.2, 0.25) is 0 Å². The molecule has 0 saturated carbocycles. The average Bonchev–Trinajstić information content (AvgIpc) is 2.45. The Morgan fingerprint density at radius 3 is 2.95 bits per heavy atom. The Balaban J connectivity index is 2.11. The molecular weight excluding hydrogens is 282 g/mol. The van der Waals surface area contributed by atoms with Gasteiger partial charge in [-0.25, -0.2) is 0 Å². The van der Waals surface area contributed by atoms with Gasteiger partial charge < -0.3 is 10.6 Å². The minimum absolute atomic E-state index is 0.0166. The highest BCUT2D eigenvalue weighted by Gasteiger charge is 2.23. The zero-order valence-electron chi connectivity index (χ0n) is 10.7. The number of hydrogen-bond acceptors (Lipinski definition) is 4. The van der Waals surface area contributed by atoms with Gasteiger partial charge >= 0.3 is 5.69 Å². The number of para-hydroxylation sites is 1. The van der Waals surface area contributed by atoms with Crippen molar-refractivity contribution in [1.29, 1.82) is 0 Å². The molecule has 106 valence electrons. The number of nitro benzene ring substituents is 1. The summed E-state index contributed by atoms with van der Waals surface area (Å²) in [7, 11) is 0. The lowest BCUT2D eigenvalue weighted by molar-refractivity contribution is -0.385. The van der Waals surface area contributed by atoms with Crippen LogP contribution in [0.5, 0.6) is 0 Å². The lowest BCUT2D eigenvalue weighted by atomic mass is 10.1. The van der Waals surface area contributed by atoms with Crippen LogP contribution in [0.4, 0.5) is 5.69 Å². The Kier molecular flexibility index (Phi) is 4.70. The van der Waals surface area contributed by atoms with Crippen LogP contribution in [0, 0.1) is 10.1 Å². The van der Waals surface area contributed by atoms with Crippen molar-refractivity contribution in [2.45, 2.75) is 6.42 Å². The Morgan fingerprint density at radius 1 is 1.50 bits per heavy atom. The molecule has 7 heteroatoms. The van der Waals surface area contributed by atoms with Crippen molar-refractivity contribution < 1.29 is 9.72 Å². The van der Waals surface area contributed by atoms with Gasteiger partial charge in [-0.15, -0.1) is 0 Å². The number of rotatable bonds is 4. The molecule has 0 bridgehead atoms. The summed E-state index contributed by atoms with van der Waals surface area (Å²) in [5.41, 5.74) is 0.741. The van der Waals surface area contributed by atoms with Gasteiger partial charge in [0.15, 0.2) is 0 Å². The summed E-state index contributed by atoms with van der Waals surface area (Å²) in [5, 5.41) is 16.8. The Hall–Kier alpha value is -1.92. The Bertz CT molecular complexity index is 572. The minimum atomic E-state index is -0.638. The van der Waals surface area contributed by atoms with Gasteiger partial charge in [0.25, 0.3) is 5.91 Å². The molecule has 2 N–H and O–H groups in total. The molecule has 1 aromatic rings. The largest absolute Gasteiger partial charge is 0.348 e. The molecule has 0 saturated heterocycles. The van der Waals surface area contributed by atoms with E-state index in [-0.39, 0.29) is 16.3 Å².